The summed E-state index contributed by atoms with van der Waals surface area (Å²) in [6, 6.07) is 4.51. The summed E-state index contributed by atoms with van der Waals surface area (Å²) < 4.78 is 5.80. The van der Waals surface area contributed by atoms with Crippen LogP contribution in [0.15, 0.2) is 12.1 Å². The van der Waals surface area contributed by atoms with Crippen LogP contribution in [0.25, 0.3) is 0 Å². The third kappa shape index (κ3) is 2.15. The molecule has 0 atom stereocenters. The Labute approximate surface area is 96.2 Å². The third-order valence-corrected chi connectivity index (χ3v) is 3.46. The van der Waals surface area contributed by atoms with Gasteiger partial charge in [0.05, 0.1) is 0 Å². The van der Waals surface area contributed by atoms with Crippen molar-refractivity contribution in [3.05, 3.63) is 28.8 Å². The molecule has 0 amide bonds. The van der Waals surface area contributed by atoms with Crippen molar-refractivity contribution in [1.29, 1.82) is 0 Å². The van der Waals surface area contributed by atoms with Gasteiger partial charge in [-0.1, -0.05) is 38.5 Å². The van der Waals surface area contributed by atoms with Gasteiger partial charge in [0, 0.05) is 16.9 Å². The molecule has 1 nitrogen and oxygen atoms in total. The molecule has 0 fully saturated rings. The highest BCUT2D eigenvalue weighted by molar-refractivity contribution is 7.98. The van der Waals surface area contributed by atoms with Gasteiger partial charge in [0.2, 0.25) is 0 Å². The van der Waals surface area contributed by atoms with E-state index in [0.717, 1.165) is 17.4 Å². The molecule has 1 heterocycles. The zero-order chi connectivity index (χ0) is 11.1. The molecule has 2 rings (SSSR count). The van der Waals surface area contributed by atoms with Gasteiger partial charge < -0.3 is 4.74 Å². The van der Waals surface area contributed by atoms with Crippen LogP contribution in [0, 0.1) is 6.92 Å². The van der Waals surface area contributed by atoms with Gasteiger partial charge in [-0.15, -0.1) is 11.8 Å². The van der Waals surface area contributed by atoms with E-state index in [1.54, 1.807) is 0 Å². The molecule has 15 heavy (non-hydrogen) atoms. The lowest BCUT2D eigenvalue weighted by molar-refractivity contribution is 0.369. The molecule has 1 aromatic carbocycles. The SMILES string of the molecule is Cc1cc2c(c(C(C)(C)C)c1)OCSC2. The van der Waals surface area contributed by atoms with Crippen molar-refractivity contribution in [1.82, 2.24) is 0 Å². The Morgan fingerprint density at radius 1 is 1.27 bits per heavy atom. The molecule has 0 spiro atoms. The third-order valence-electron chi connectivity index (χ3n) is 2.66. The minimum Gasteiger partial charge on any atom is -0.482 e. The Morgan fingerprint density at radius 2 is 2.00 bits per heavy atom. The zero-order valence-corrected chi connectivity index (χ0v) is 10.7. The molecular weight excluding hydrogens is 204 g/mol. The van der Waals surface area contributed by atoms with Crippen LogP contribution < -0.4 is 4.74 Å². The van der Waals surface area contributed by atoms with E-state index in [2.05, 4.69) is 39.8 Å². The Hall–Kier alpha value is -0.630. The Kier molecular flexibility index (Phi) is 2.72. The van der Waals surface area contributed by atoms with Crippen molar-refractivity contribution < 1.29 is 4.74 Å². The molecule has 0 aromatic heterocycles. The first kappa shape index (κ1) is 10.9. The molecule has 0 unspecified atom stereocenters. The summed E-state index contributed by atoms with van der Waals surface area (Å²) in [6.45, 7) is 8.89. The highest BCUT2D eigenvalue weighted by Crippen LogP contribution is 2.39. The molecule has 0 N–H and O–H groups in total. The molecule has 0 bridgehead atoms. The fourth-order valence-electron chi connectivity index (χ4n) is 1.94. The second kappa shape index (κ2) is 3.75. The van der Waals surface area contributed by atoms with Crippen LogP contribution in [0.2, 0.25) is 0 Å². The zero-order valence-electron chi connectivity index (χ0n) is 9.89. The van der Waals surface area contributed by atoms with E-state index in [-0.39, 0.29) is 5.41 Å². The topological polar surface area (TPSA) is 9.23 Å². The predicted molar refractivity (Wildman–Crippen MR) is 66.7 cm³/mol. The van der Waals surface area contributed by atoms with Gasteiger partial charge in [-0.05, 0) is 12.3 Å². The van der Waals surface area contributed by atoms with Crippen LogP contribution in [-0.2, 0) is 11.2 Å². The molecule has 1 aliphatic heterocycles. The van der Waals surface area contributed by atoms with Crippen molar-refractivity contribution >= 4 is 11.8 Å². The quantitative estimate of drug-likeness (QED) is 0.659. The number of benzene rings is 1. The Bertz CT molecular complexity index is 377. The lowest BCUT2D eigenvalue weighted by Gasteiger charge is -2.27. The van der Waals surface area contributed by atoms with Gasteiger partial charge in [0.15, 0.2) is 0 Å². The summed E-state index contributed by atoms with van der Waals surface area (Å²) in [7, 11) is 0. The average Bonchev–Trinajstić information content (AvgIpc) is 2.15. The number of hydrogen-bond donors (Lipinski definition) is 0. The molecule has 0 saturated carbocycles. The maximum Gasteiger partial charge on any atom is 0.134 e. The van der Waals surface area contributed by atoms with Crippen molar-refractivity contribution in [2.75, 3.05) is 5.94 Å². The summed E-state index contributed by atoms with van der Waals surface area (Å²) in [4.78, 5) is 0. The van der Waals surface area contributed by atoms with Crippen molar-refractivity contribution in [2.45, 2.75) is 38.9 Å². The fraction of sp³-hybridized carbons (Fsp3) is 0.538. The first-order valence-electron chi connectivity index (χ1n) is 5.33. The van der Waals surface area contributed by atoms with Crippen molar-refractivity contribution in [2.24, 2.45) is 0 Å². The van der Waals surface area contributed by atoms with E-state index < -0.39 is 0 Å². The summed E-state index contributed by atoms with van der Waals surface area (Å²) in [5.74, 6) is 3.01. The van der Waals surface area contributed by atoms with Crippen LogP contribution in [0.1, 0.15) is 37.5 Å². The van der Waals surface area contributed by atoms with Gasteiger partial charge in [0.25, 0.3) is 0 Å². The Morgan fingerprint density at radius 3 is 2.67 bits per heavy atom. The molecule has 1 aromatic rings. The maximum absolute atomic E-state index is 5.80. The monoisotopic (exact) mass is 222 g/mol. The number of rotatable bonds is 0. The summed E-state index contributed by atoms with van der Waals surface area (Å²) in [6.07, 6.45) is 0. The summed E-state index contributed by atoms with van der Waals surface area (Å²) in [5.41, 5.74) is 4.21. The highest BCUT2D eigenvalue weighted by atomic mass is 32.2. The second-order valence-corrected chi connectivity index (χ2v) is 6.09. The summed E-state index contributed by atoms with van der Waals surface area (Å²) >= 11 is 1.84. The molecule has 0 saturated heterocycles. The molecular formula is C13H18OS. The summed E-state index contributed by atoms with van der Waals surface area (Å²) in [5, 5.41) is 0. The fourth-order valence-corrected chi connectivity index (χ4v) is 2.65. The molecule has 1 aliphatic rings. The molecule has 0 aliphatic carbocycles. The second-order valence-electron chi connectivity index (χ2n) is 5.16. The Balaban J connectivity index is 2.58. The van der Waals surface area contributed by atoms with Gasteiger partial charge in [-0.25, -0.2) is 0 Å². The van der Waals surface area contributed by atoms with Gasteiger partial charge in [-0.3, -0.25) is 0 Å². The van der Waals surface area contributed by atoms with E-state index in [9.17, 15) is 0 Å². The molecule has 82 valence electrons. The molecule has 2 heteroatoms. The lowest BCUT2D eigenvalue weighted by atomic mass is 9.84. The van der Waals surface area contributed by atoms with Gasteiger partial charge >= 0.3 is 0 Å². The average molecular weight is 222 g/mol. The van der Waals surface area contributed by atoms with E-state index in [1.165, 1.54) is 16.7 Å². The standard InChI is InChI=1S/C13H18OS/c1-9-5-10-7-15-8-14-12(10)11(6-9)13(2,3)4/h5-6H,7-8H2,1-4H3. The van der Waals surface area contributed by atoms with Gasteiger partial charge in [-0.2, -0.15) is 0 Å². The maximum atomic E-state index is 5.80. The number of thioether (sulfide) groups is 1. The number of ether oxygens (including phenoxy) is 1. The largest absolute Gasteiger partial charge is 0.482 e. The van der Waals surface area contributed by atoms with Crippen molar-refractivity contribution in [3.63, 3.8) is 0 Å². The van der Waals surface area contributed by atoms with Crippen LogP contribution in [-0.4, -0.2) is 5.94 Å². The smallest absolute Gasteiger partial charge is 0.134 e. The number of fused-ring (bicyclic) bond motifs is 1. The first-order chi connectivity index (χ1) is 6.98. The van der Waals surface area contributed by atoms with Crippen LogP contribution in [0.5, 0.6) is 5.75 Å². The van der Waals surface area contributed by atoms with Crippen LogP contribution in [0.3, 0.4) is 0 Å². The van der Waals surface area contributed by atoms with Gasteiger partial charge in [0.1, 0.15) is 11.7 Å². The minimum absolute atomic E-state index is 0.165. The van der Waals surface area contributed by atoms with E-state index in [1.807, 2.05) is 11.8 Å². The van der Waals surface area contributed by atoms with Crippen LogP contribution >= 0.6 is 11.8 Å². The first-order valence-corrected chi connectivity index (χ1v) is 6.48. The lowest BCUT2D eigenvalue weighted by Crippen LogP contribution is -2.16. The predicted octanol–water partition coefficient (Wildman–Crippen LogP) is 3.88. The normalized spacial score (nSPS) is 15.7. The van der Waals surface area contributed by atoms with Crippen LogP contribution in [0.4, 0.5) is 0 Å². The van der Waals surface area contributed by atoms with E-state index in [4.69, 9.17) is 4.74 Å². The number of hydrogen-bond acceptors (Lipinski definition) is 2. The highest BCUT2D eigenvalue weighted by Gasteiger charge is 2.23. The van der Waals surface area contributed by atoms with E-state index >= 15 is 0 Å². The minimum atomic E-state index is 0.165. The molecule has 0 radical (unpaired) electrons. The van der Waals surface area contributed by atoms with Crippen molar-refractivity contribution in [3.8, 4) is 5.75 Å². The van der Waals surface area contributed by atoms with E-state index in [0.29, 0.717) is 0 Å². The number of aryl methyl sites for hydroxylation is 1.